The van der Waals surface area contributed by atoms with Crippen LogP contribution in [0.2, 0.25) is 0 Å². The zero-order chi connectivity index (χ0) is 38.2. The summed E-state index contributed by atoms with van der Waals surface area (Å²) in [6, 6.07) is 73.3. The van der Waals surface area contributed by atoms with E-state index in [1.807, 2.05) is 18.2 Å². The number of fused-ring (bicyclic) bond motifs is 10. The molecule has 58 heavy (non-hydrogen) atoms. The predicted octanol–water partition coefficient (Wildman–Crippen LogP) is 15.4. The maximum Gasteiger partial charge on any atom is 0.160 e. The summed E-state index contributed by atoms with van der Waals surface area (Å²) in [4.78, 5) is 2.33. The molecule has 0 amide bonds. The van der Waals surface area contributed by atoms with E-state index in [0.29, 0.717) is 0 Å². The van der Waals surface area contributed by atoms with Gasteiger partial charge in [-0.25, -0.2) is 0 Å². The van der Waals surface area contributed by atoms with Crippen molar-refractivity contribution in [2.24, 2.45) is 0 Å². The Morgan fingerprint density at radius 1 is 0.328 bits per heavy atom. The summed E-state index contributed by atoms with van der Waals surface area (Å²) >= 11 is 0. The number of anilines is 3. The van der Waals surface area contributed by atoms with Crippen LogP contribution in [0, 0.1) is 0 Å². The van der Waals surface area contributed by atoms with Crippen molar-refractivity contribution in [2.75, 3.05) is 4.90 Å². The second-order valence-electron chi connectivity index (χ2n) is 14.9. The van der Waals surface area contributed by atoms with Crippen LogP contribution in [-0.2, 0) is 0 Å². The molecule has 12 aromatic rings. The zero-order valence-corrected chi connectivity index (χ0v) is 31.3. The summed E-state index contributed by atoms with van der Waals surface area (Å²) in [5.74, 6) is 0. The topological polar surface area (TPSA) is 34.5 Å². The molecule has 0 aliphatic carbocycles. The highest BCUT2D eigenvalue weighted by Gasteiger charge is 2.20. The molecule has 12 rings (SSSR count). The van der Waals surface area contributed by atoms with Gasteiger partial charge in [-0.3, -0.25) is 0 Å². The normalized spacial score (nSPS) is 11.8. The lowest BCUT2D eigenvalue weighted by atomic mass is 10.0. The molecular weight excluding hydrogens is 709 g/mol. The van der Waals surface area contributed by atoms with Gasteiger partial charge in [-0.15, -0.1) is 0 Å². The van der Waals surface area contributed by atoms with Gasteiger partial charge < -0.3 is 18.3 Å². The zero-order valence-electron chi connectivity index (χ0n) is 31.3. The quantitative estimate of drug-likeness (QED) is 0.170. The lowest BCUT2D eigenvalue weighted by Gasteiger charge is -2.26. The molecule has 0 bridgehead atoms. The van der Waals surface area contributed by atoms with Crippen molar-refractivity contribution in [2.45, 2.75) is 0 Å². The van der Waals surface area contributed by atoms with Crippen LogP contribution in [0.4, 0.5) is 17.1 Å². The summed E-state index contributed by atoms with van der Waals surface area (Å²) < 4.78 is 15.1. The Hall–Kier alpha value is -7.82. The fourth-order valence-corrected chi connectivity index (χ4v) is 8.84. The molecule has 0 atom stereocenters. The van der Waals surface area contributed by atoms with Crippen molar-refractivity contribution in [1.82, 2.24) is 4.57 Å². The number of hydrogen-bond acceptors (Lipinski definition) is 3. The molecule has 3 aromatic heterocycles. The van der Waals surface area contributed by atoms with Gasteiger partial charge in [-0.2, -0.15) is 0 Å². The molecule has 4 heteroatoms. The number of aromatic nitrogens is 1. The Labute approximate surface area is 334 Å². The van der Waals surface area contributed by atoms with Gasteiger partial charge in [-0.05, 0) is 107 Å². The second-order valence-corrected chi connectivity index (χ2v) is 14.9. The maximum absolute atomic E-state index is 6.62. The summed E-state index contributed by atoms with van der Waals surface area (Å²) in [6.07, 6.45) is 0. The highest BCUT2D eigenvalue weighted by Crippen LogP contribution is 2.42. The summed E-state index contributed by atoms with van der Waals surface area (Å²) in [5.41, 5.74) is 14.8. The smallest absolute Gasteiger partial charge is 0.160 e. The number of para-hydroxylation sites is 3. The van der Waals surface area contributed by atoms with Gasteiger partial charge >= 0.3 is 0 Å². The Balaban J connectivity index is 0.979. The van der Waals surface area contributed by atoms with Gasteiger partial charge in [0.05, 0.1) is 11.0 Å². The minimum Gasteiger partial charge on any atom is -0.456 e. The highest BCUT2D eigenvalue weighted by molar-refractivity contribution is 6.21. The average molecular weight is 743 g/mol. The lowest BCUT2D eigenvalue weighted by molar-refractivity contribution is 0.669. The molecule has 0 aliphatic rings. The van der Waals surface area contributed by atoms with Crippen LogP contribution in [0.1, 0.15) is 0 Å². The van der Waals surface area contributed by atoms with Gasteiger partial charge in [0.2, 0.25) is 0 Å². The first kappa shape index (κ1) is 32.4. The Morgan fingerprint density at radius 3 is 1.53 bits per heavy atom. The van der Waals surface area contributed by atoms with Gasteiger partial charge in [-0.1, -0.05) is 121 Å². The Kier molecular flexibility index (Phi) is 7.20. The molecule has 0 N–H and O–H groups in total. The third kappa shape index (κ3) is 5.09. The summed E-state index contributed by atoms with van der Waals surface area (Å²) in [7, 11) is 0. The molecule has 0 fully saturated rings. The molecular formula is C54H34N2O2. The molecule has 9 aromatic carbocycles. The largest absolute Gasteiger partial charge is 0.456 e. The second kappa shape index (κ2) is 12.9. The number of nitrogens with zero attached hydrogens (tertiary/aromatic N) is 2. The van der Waals surface area contributed by atoms with E-state index in [1.165, 1.54) is 21.9 Å². The SMILES string of the molecule is c1ccc(-c2ccc(N(c3ccc(-c4ccc5oc6ccccc6c5c4)cc3)c3ccc(-n4c5ccccc5c5ccc6c7ccccc7oc6c54)cc3)cc2)cc1. The lowest BCUT2D eigenvalue weighted by Crippen LogP contribution is -2.10. The van der Waals surface area contributed by atoms with E-state index in [9.17, 15) is 0 Å². The van der Waals surface area contributed by atoms with Gasteiger partial charge in [0, 0.05) is 55.1 Å². The van der Waals surface area contributed by atoms with Crippen LogP contribution in [-0.4, -0.2) is 4.57 Å². The molecule has 3 heterocycles. The van der Waals surface area contributed by atoms with Gasteiger partial charge in [0.15, 0.2) is 5.58 Å². The summed E-state index contributed by atoms with van der Waals surface area (Å²) in [6.45, 7) is 0. The molecule has 0 radical (unpaired) electrons. The van der Waals surface area contributed by atoms with Crippen LogP contribution < -0.4 is 4.90 Å². The van der Waals surface area contributed by atoms with E-state index >= 15 is 0 Å². The number of hydrogen-bond donors (Lipinski definition) is 0. The molecule has 0 aliphatic heterocycles. The van der Waals surface area contributed by atoms with Crippen molar-refractivity contribution < 1.29 is 8.83 Å². The first-order valence-electron chi connectivity index (χ1n) is 19.7. The number of furan rings is 2. The fraction of sp³-hybridized carbons (Fsp3) is 0. The van der Waals surface area contributed by atoms with Gasteiger partial charge in [0.1, 0.15) is 16.7 Å². The molecule has 0 spiro atoms. The standard InChI is InChI=1S/C54H34N2O2/c1-2-10-35(11-3-1)36-18-23-39(24-19-36)55(40-25-20-37(21-26-40)38-22-33-52-48(34-38)45-14-6-8-16-50(45)57-52)41-27-29-42(30-28-41)56-49-15-7-4-12-43(49)46-31-32-47-44-13-5-9-17-51(44)58-54(47)53(46)56/h1-34H. The van der Waals surface area contributed by atoms with Crippen molar-refractivity contribution in [1.29, 1.82) is 0 Å². The highest BCUT2D eigenvalue weighted by atomic mass is 16.3. The van der Waals surface area contributed by atoms with E-state index in [1.54, 1.807) is 0 Å². The van der Waals surface area contributed by atoms with E-state index in [2.05, 4.69) is 198 Å². The maximum atomic E-state index is 6.62. The van der Waals surface area contributed by atoms with E-state index < -0.39 is 0 Å². The Morgan fingerprint density at radius 2 is 0.828 bits per heavy atom. The number of rotatable bonds is 6. The monoisotopic (exact) mass is 742 g/mol. The molecule has 272 valence electrons. The fourth-order valence-electron chi connectivity index (χ4n) is 8.84. The third-order valence-corrected chi connectivity index (χ3v) is 11.6. The number of benzene rings is 9. The molecule has 4 nitrogen and oxygen atoms in total. The van der Waals surface area contributed by atoms with Crippen molar-refractivity contribution >= 4 is 82.7 Å². The van der Waals surface area contributed by atoms with E-state index in [0.717, 1.165) is 88.8 Å². The van der Waals surface area contributed by atoms with Gasteiger partial charge in [0.25, 0.3) is 0 Å². The average Bonchev–Trinajstić information content (AvgIpc) is 3.97. The van der Waals surface area contributed by atoms with Crippen LogP contribution in [0.3, 0.4) is 0 Å². The first-order valence-corrected chi connectivity index (χ1v) is 19.7. The van der Waals surface area contributed by atoms with E-state index in [-0.39, 0.29) is 0 Å². The molecule has 0 saturated carbocycles. The van der Waals surface area contributed by atoms with Crippen molar-refractivity contribution in [3.05, 3.63) is 206 Å². The predicted molar refractivity (Wildman–Crippen MR) is 241 cm³/mol. The van der Waals surface area contributed by atoms with Crippen LogP contribution >= 0.6 is 0 Å². The van der Waals surface area contributed by atoms with Crippen LogP contribution in [0.15, 0.2) is 215 Å². The Bertz CT molecular complexity index is 3480. The van der Waals surface area contributed by atoms with Crippen molar-refractivity contribution in [3.8, 4) is 27.9 Å². The van der Waals surface area contributed by atoms with Crippen LogP contribution in [0.25, 0.3) is 93.6 Å². The summed E-state index contributed by atoms with van der Waals surface area (Å²) in [5, 5.41) is 6.88. The minimum absolute atomic E-state index is 0.896. The van der Waals surface area contributed by atoms with E-state index in [4.69, 9.17) is 8.83 Å². The third-order valence-electron chi connectivity index (χ3n) is 11.6. The first-order chi connectivity index (χ1) is 28.7. The van der Waals surface area contributed by atoms with Crippen LogP contribution in [0.5, 0.6) is 0 Å². The molecule has 0 saturated heterocycles. The molecule has 0 unspecified atom stereocenters. The minimum atomic E-state index is 0.896. The van der Waals surface area contributed by atoms with Crippen molar-refractivity contribution in [3.63, 3.8) is 0 Å².